The number of carbonyl (C=O) groups excluding carboxylic acids is 1. The standard InChI is InChI=1S/C15H16BrN3O2/c1-21-14(20)15(10-17,11-4-2-3-5-11)19-18-13-8-6-12(16)7-9-13/h6-9,11H,2-5H2,1H3. The van der Waals surface area contributed by atoms with E-state index in [0.29, 0.717) is 5.69 Å². The normalized spacial score (nSPS) is 18.3. The molecule has 1 aromatic carbocycles. The van der Waals surface area contributed by atoms with E-state index in [9.17, 15) is 10.1 Å². The number of benzene rings is 1. The molecule has 0 amide bonds. The Morgan fingerprint density at radius 2 is 2.00 bits per heavy atom. The molecule has 0 aromatic heterocycles. The quantitative estimate of drug-likeness (QED) is 0.604. The highest BCUT2D eigenvalue weighted by atomic mass is 79.9. The predicted octanol–water partition coefficient (Wildman–Crippen LogP) is 4.16. The fraction of sp³-hybridized carbons (Fsp3) is 0.467. The first-order valence-corrected chi connectivity index (χ1v) is 7.60. The molecule has 1 saturated carbocycles. The van der Waals surface area contributed by atoms with Crippen molar-refractivity contribution in [2.45, 2.75) is 31.2 Å². The molecule has 6 heteroatoms. The summed E-state index contributed by atoms with van der Waals surface area (Å²) in [5, 5.41) is 17.7. The molecule has 21 heavy (non-hydrogen) atoms. The number of nitrogens with zero attached hydrogens (tertiary/aromatic N) is 3. The Balaban J connectivity index is 2.33. The maximum atomic E-state index is 12.1. The molecule has 1 aromatic rings. The number of hydrogen-bond acceptors (Lipinski definition) is 5. The van der Waals surface area contributed by atoms with Crippen molar-refractivity contribution in [2.24, 2.45) is 16.1 Å². The van der Waals surface area contributed by atoms with E-state index in [0.717, 1.165) is 30.2 Å². The molecule has 0 bridgehead atoms. The summed E-state index contributed by atoms with van der Waals surface area (Å²) in [5.74, 6) is -0.757. The van der Waals surface area contributed by atoms with Gasteiger partial charge in [0.05, 0.1) is 12.8 Å². The molecular weight excluding hydrogens is 334 g/mol. The van der Waals surface area contributed by atoms with Crippen molar-refractivity contribution in [3.05, 3.63) is 28.7 Å². The topological polar surface area (TPSA) is 74.8 Å². The monoisotopic (exact) mass is 349 g/mol. The minimum absolute atomic E-state index is 0.130. The molecule has 5 nitrogen and oxygen atoms in total. The fourth-order valence-corrected chi connectivity index (χ4v) is 2.86. The minimum Gasteiger partial charge on any atom is -0.466 e. The van der Waals surface area contributed by atoms with Gasteiger partial charge < -0.3 is 4.74 Å². The van der Waals surface area contributed by atoms with E-state index in [1.165, 1.54) is 7.11 Å². The molecule has 0 radical (unpaired) electrons. The van der Waals surface area contributed by atoms with Crippen LogP contribution in [0.2, 0.25) is 0 Å². The number of ether oxygens (including phenoxy) is 1. The van der Waals surface area contributed by atoms with Crippen LogP contribution in [0.15, 0.2) is 39.0 Å². The Labute approximate surface area is 132 Å². The van der Waals surface area contributed by atoms with Crippen molar-refractivity contribution < 1.29 is 9.53 Å². The average molecular weight is 350 g/mol. The van der Waals surface area contributed by atoms with Gasteiger partial charge in [0, 0.05) is 10.4 Å². The SMILES string of the molecule is COC(=O)C(C#N)(N=Nc1ccc(Br)cc1)C1CCCC1. The maximum absolute atomic E-state index is 12.1. The lowest BCUT2D eigenvalue weighted by Gasteiger charge is -2.24. The Bertz CT molecular complexity index is 574. The summed E-state index contributed by atoms with van der Waals surface area (Å²) in [6.07, 6.45) is 3.59. The number of nitriles is 1. The molecule has 0 N–H and O–H groups in total. The highest BCUT2D eigenvalue weighted by Crippen LogP contribution is 2.38. The van der Waals surface area contributed by atoms with Crippen LogP contribution in [0.3, 0.4) is 0 Å². The van der Waals surface area contributed by atoms with Crippen LogP contribution >= 0.6 is 15.9 Å². The maximum Gasteiger partial charge on any atom is 0.350 e. The van der Waals surface area contributed by atoms with Crippen LogP contribution in [0.1, 0.15) is 25.7 Å². The lowest BCUT2D eigenvalue weighted by atomic mass is 9.84. The zero-order chi connectivity index (χ0) is 15.3. The fourth-order valence-electron chi connectivity index (χ4n) is 2.59. The number of carbonyl (C=O) groups is 1. The zero-order valence-electron chi connectivity index (χ0n) is 11.8. The van der Waals surface area contributed by atoms with Crippen LogP contribution in [-0.4, -0.2) is 18.6 Å². The summed E-state index contributed by atoms with van der Waals surface area (Å²) in [7, 11) is 1.28. The van der Waals surface area contributed by atoms with Crippen LogP contribution < -0.4 is 0 Å². The molecule has 110 valence electrons. The van der Waals surface area contributed by atoms with Gasteiger partial charge in [-0.1, -0.05) is 28.8 Å². The number of azo groups is 1. The first-order chi connectivity index (χ1) is 10.1. The van der Waals surface area contributed by atoms with E-state index < -0.39 is 11.5 Å². The summed E-state index contributed by atoms with van der Waals surface area (Å²) in [6.45, 7) is 0. The Hall–Kier alpha value is -1.74. The van der Waals surface area contributed by atoms with Crippen molar-refractivity contribution in [2.75, 3.05) is 7.11 Å². The second-order valence-corrected chi connectivity index (χ2v) is 5.94. The Morgan fingerprint density at radius 3 is 2.52 bits per heavy atom. The molecule has 1 aliphatic carbocycles. The number of rotatable bonds is 4. The van der Waals surface area contributed by atoms with Gasteiger partial charge in [0.25, 0.3) is 5.54 Å². The summed E-state index contributed by atoms with van der Waals surface area (Å²) in [6, 6.07) is 9.24. The van der Waals surface area contributed by atoms with E-state index in [1.807, 2.05) is 18.2 Å². The average Bonchev–Trinajstić information content (AvgIpc) is 3.04. The molecule has 1 fully saturated rings. The third-order valence-electron chi connectivity index (χ3n) is 3.76. The number of hydrogen-bond donors (Lipinski definition) is 0. The molecular formula is C15H16BrN3O2. The van der Waals surface area contributed by atoms with Crippen LogP contribution in [0.4, 0.5) is 5.69 Å². The van der Waals surface area contributed by atoms with Crippen LogP contribution in [-0.2, 0) is 9.53 Å². The van der Waals surface area contributed by atoms with E-state index in [1.54, 1.807) is 12.1 Å². The summed E-state index contributed by atoms with van der Waals surface area (Å²) >= 11 is 3.34. The molecule has 1 aliphatic rings. The van der Waals surface area contributed by atoms with E-state index in [2.05, 4.69) is 26.2 Å². The van der Waals surface area contributed by atoms with Crippen LogP contribution in [0.25, 0.3) is 0 Å². The Kier molecular flexibility index (Phi) is 5.07. The molecule has 2 rings (SSSR count). The van der Waals surface area contributed by atoms with Gasteiger partial charge in [-0.05, 0) is 37.1 Å². The van der Waals surface area contributed by atoms with Gasteiger partial charge in [0.1, 0.15) is 6.07 Å². The van der Waals surface area contributed by atoms with Crippen molar-refractivity contribution in [3.8, 4) is 6.07 Å². The van der Waals surface area contributed by atoms with E-state index in [4.69, 9.17) is 4.74 Å². The van der Waals surface area contributed by atoms with Crippen molar-refractivity contribution >= 4 is 27.6 Å². The predicted molar refractivity (Wildman–Crippen MR) is 81.0 cm³/mol. The minimum atomic E-state index is -1.53. The summed E-state index contributed by atoms with van der Waals surface area (Å²) < 4.78 is 5.73. The van der Waals surface area contributed by atoms with Crippen molar-refractivity contribution in [1.29, 1.82) is 5.26 Å². The number of esters is 1. The largest absolute Gasteiger partial charge is 0.466 e. The molecule has 0 aliphatic heterocycles. The van der Waals surface area contributed by atoms with E-state index >= 15 is 0 Å². The van der Waals surface area contributed by atoms with Gasteiger partial charge in [-0.2, -0.15) is 15.5 Å². The van der Waals surface area contributed by atoms with E-state index in [-0.39, 0.29) is 5.92 Å². The molecule has 1 atom stereocenters. The lowest BCUT2D eigenvalue weighted by Crippen LogP contribution is -2.42. The second kappa shape index (κ2) is 6.81. The van der Waals surface area contributed by atoms with Gasteiger partial charge in [0.2, 0.25) is 0 Å². The second-order valence-electron chi connectivity index (χ2n) is 5.03. The van der Waals surface area contributed by atoms with Gasteiger partial charge >= 0.3 is 5.97 Å². The summed E-state index contributed by atoms with van der Waals surface area (Å²) in [4.78, 5) is 12.1. The lowest BCUT2D eigenvalue weighted by molar-refractivity contribution is -0.146. The smallest absolute Gasteiger partial charge is 0.350 e. The van der Waals surface area contributed by atoms with Gasteiger partial charge in [-0.25, -0.2) is 4.79 Å². The molecule has 0 spiro atoms. The third-order valence-corrected chi connectivity index (χ3v) is 4.29. The third kappa shape index (κ3) is 3.30. The zero-order valence-corrected chi connectivity index (χ0v) is 13.3. The highest BCUT2D eigenvalue weighted by Gasteiger charge is 2.49. The van der Waals surface area contributed by atoms with Gasteiger partial charge in [-0.15, -0.1) is 0 Å². The first-order valence-electron chi connectivity index (χ1n) is 6.80. The van der Waals surface area contributed by atoms with Crippen molar-refractivity contribution in [1.82, 2.24) is 0 Å². The first kappa shape index (κ1) is 15.6. The highest BCUT2D eigenvalue weighted by molar-refractivity contribution is 9.10. The Morgan fingerprint density at radius 1 is 1.38 bits per heavy atom. The van der Waals surface area contributed by atoms with Crippen molar-refractivity contribution in [3.63, 3.8) is 0 Å². The van der Waals surface area contributed by atoms with Crippen LogP contribution in [0, 0.1) is 17.2 Å². The molecule has 1 unspecified atom stereocenters. The number of methoxy groups -OCH3 is 1. The molecule has 0 heterocycles. The van der Waals surface area contributed by atoms with Crippen LogP contribution in [0.5, 0.6) is 0 Å². The number of halogens is 1. The summed E-state index contributed by atoms with van der Waals surface area (Å²) in [5.41, 5.74) is -0.932. The molecule has 0 saturated heterocycles. The van der Waals surface area contributed by atoms with Gasteiger partial charge in [0.15, 0.2) is 0 Å². The van der Waals surface area contributed by atoms with Gasteiger partial charge in [-0.3, -0.25) is 0 Å².